The van der Waals surface area contributed by atoms with Crippen molar-refractivity contribution in [2.45, 2.75) is 6.54 Å². The molecule has 1 fully saturated rings. The van der Waals surface area contributed by atoms with Crippen LogP contribution in [0.25, 0.3) is 6.08 Å². The van der Waals surface area contributed by atoms with Crippen LogP contribution in [0, 0.1) is 5.82 Å². The van der Waals surface area contributed by atoms with Gasteiger partial charge in [0.05, 0.1) is 20.8 Å². The van der Waals surface area contributed by atoms with Crippen LogP contribution in [0.15, 0.2) is 48.0 Å². The zero-order chi connectivity index (χ0) is 20.3. The van der Waals surface area contributed by atoms with Crippen LogP contribution in [0.2, 0.25) is 0 Å². The van der Waals surface area contributed by atoms with E-state index in [0.29, 0.717) is 22.6 Å². The molecule has 0 saturated carbocycles. The highest BCUT2D eigenvalue weighted by molar-refractivity contribution is 6.31. The second kappa shape index (κ2) is 7.91. The number of para-hydroxylation sites is 1. The number of nitrogens with one attached hydrogen (secondary N) is 1. The van der Waals surface area contributed by atoms with Gasteiger partial charge in [-0.05, 0) is 29.8 Å². The molecule has 1 aliphatic heterocycles. The van der Waals surface area contributed by atoms with Crippen LogP contribution in [0.3, 0.4) is 0 Å². The molecule has 144 valence electrons. The van der Waals surface area contributed by atoms with Crippen molar-refractivity contribution >= 4 is 23.9 Å². The molecule has 1 heterocycles. The molecule has 0 aliphatic carbocycles. The van der Waals surface area contributed by atoms with E-state index in [0.717, 1.165) is 4.90 Å². The quantitative estimate of drug-likeness (QED) is 0.633. The average molecular weight is 384 g/mol. The van der Waals surface area contributed by atoms with Crippen LogP contribution < -0.4 is 14.8 Å². The van der Waals surface area contributed by atoms with Gasteiger partial charge in [-0.15, -0.1) is 0 Å². The first kappa shape index (κ1) is 19.1. The monoisotopic (exact) mass is 384 g/mol. The van der Waals surface area contributed by atoms with Crippen LogP contribution in [0.5, 0.6) is 11.5 Å². The first-order chi connectivity index (χ1) is 13.4. The number of urea groups is 1. The average Bonchev–Trinajstić information content (AvgIpc) is 2.69. The summed E-state index contributed by atoms with van der Waals surface area (Å²) in [4.78, 5) is 38.1. The zero-order valence-electron chi connectivity index (χ0n) is 15.2. The Labute approximate surface area is 160 Å². The summed E-state index contributed by atoms with van der Waals surface area (Å²) in [7, 11) is 2.91. The molecule has 1 N–H and O–H groups in total. The maximum absolute atomic E-state index is 13.1. The van der Waals surface area contributed by atoms with E-state index in [9.17, 15) is 18.8 Å². The number of ether oxygens (including phenoxy) is 2. The molecule has 2 aromatic rings. The van der Waals surface area contributed by atoms with Crippen LogP contribution in [0.1, 0.15) is 11.1 Å². The van der Waals surface area contributed by atoms with Gasteiger partial charge in [0, 0.05) is 5.56 Å². The maximum atomic E-state index is 13.1. The van der Waals surface area contributed by atoms with Gasteiger partial charge in [-0.1, -0.05) is 24.3 Å². The summed E-state index contributed by atoms with van der Waals surface area (Å²) < 4.78 is 23.6. The van der Waals surface area contributed by atoms with Gasteiger partial charge in [-0.2, -0.15) is 0 Å². The number of barbiturate groups is 1. The first-order valence-electron chi connectivity index (χ1n) is 8.29. The molecule has 0 aromatic heterocycles. The Morgan fingerprint density at radius 2 is 1.75 bits per heavy atom. The number of carbonyl (C=O) groups excluding carboxylic acids is 3. The summed E-state index contributed by atoms with van der Waals surface area (Å²) >= 11 is 0. The van der Waals surface area contributed by atoms with E-state index in [1.54, 1.807) is 18.2 Å². The zero-order valence-corrected chi connectivity index (χ0v) is 15.2. The number of amides is 4. The van der Waals surface area contributed by atoms with Crippen LogP contribution in [0.4, 0.5) is 9.18 Å². The second-order valence-electron chi connectivity index (χ2n) is 5.92. The fourth-order valence-corrected chi connectivity index (χ4v) is 2.79. The Bertz CT molecular complexity index is 969. The highest BCUT2D eigenvalue weighted by Gasteiger charge is 2.36. The van der Waals surface area contributed by atoms with Crippen molar-refractivity contribution in [1.82, 2.24) is 10.2 Å². The maximum Gasteiger partial charge on any atom is 0.331 e. The fourth-order valence-electron chi connectivity index (χ4n) is 2.79. The number of hydrogen-bond acceptors (Lipinski definition) is 5. The lowest BCUT2D eigenvalue weighted by atomic mass is 10.1. The molecular formula is C20H17FN2O5. The van der Waals surface area contributed by atoms with Crippen molar-refractivity contribution in [3.63, 3.8) is 0 Å². The number of nitrogens with zero attached hydrogens (tertiary/aromatic N) is 1. The van der Waals surface area contributed by atoms with Gasteiger partial charge in [-0.25, -0.2) is 9.18 Å². The van der Waals surface area contributed by atoms with E-state index >= 15 is 0 Å². The summed E-state index contributed by atoms with van der Waals surface area (Å²) in [6, 6.07) is 9.54. The molecule has 0 unspecified atom stereocenters. The van der Waals surface area contributed by atoms with Gasteiger partial charge in [0.1, 0.15) is 11.4 Å². The lowest BCUT2D eigenvalue weighted by molar-refractivity contribution is -0.130. The molecule has 2 aromatic carbocycles. The number of imide groups is 2. The summed E-state index contributed by atoms with van der Waals surface area (Å²) in [6.07, 6.45) is 1.34. The second-order valence-corrected chi connectivity index (χ2v) is 5.92. The molecule has 3 rings (SSSR count). The number of carbonyl (C=O) groups is 3. The standard InChI is InChI=1S/C20H17FN2O5/c1-27-16-5-3-4-13(17(16)28-2)10-15-18(24)22-20(26)23(19(15)25)11-12-6-8-14(21)9-7-12/h3-10H,11H2,1-2H3,(H,22,24,26)/b15-10+. The van der Waals surface area contributed by atoms with E-state index in [1.165, 1.54) is 44.6 Å². The summed E-state index contributed by atoms with van der Waals surface area (Å²) in [5, 5.41) is 2.14. The Morgan fingerprint density at radius 3 is 2.39 bits per heavy atom. The smallest absolute Gasteiger partial charge is 0.331 e. The van der Waals surface area contributed by atoms with Gasteiger partial charge in [-0.3, -0.25) is 19.8 Å². The number of rotatable bonds is 5. The van der Waals surface area contributed by atoms with Gasteiger partial charge >= 0.3 is 6.03 Å². The molecule has 1 aliphatic rings. The third-order valence-corrected chi connectivity index (χ3v) is 4.17. The Hall–Kier alpha value is -3.68. The van der Waals surface area contributed by atoms with Gasteiger partial charge in [0.25, 0.3) is 11.8 Å². The van der Waals surface area contributed by atoms with Crippen molar-refractivity contribution in [2.75, 3.05) is 14.2 Å². The van der Waals surface area contributed by atoms with E-state index in [4.69, 9.17) is 9.47 Å². The minimum Gasteiger partial charge on any atom is -0.493 e. The fraction of sp³-hybridized carbons (Fsp3) is 0.150. The molecule has 0 atom stereocenters. The number of benzene rings is 2. The van der Waals surface area contributed by atoms with Gasteiger partial charge < -0.3 is 9.47 Å². The molecule has 8 heteroatoms. The third-order valence-electron chi connectivity index (χ3n) is 4.17. The number of hydrogen-bond donors (Lipinski definition) is 1. The molecule has 0 spiro atoms. The van der Waals surface area contributed by atoms with Crippen molar-refractivity contribution in [1.29, 1.82) is 0 Å². The SMILES string of the molecule is COc1cccc(/C=C2\C(=O)NC(=O)N(Cc3ccc(F)cc3)C2=O)c1OC. The molecule has 0 radical (unpaired) electrons. The first-order valence-corrected chi connectivity index (χ1v) is 8.29. The number of methoxy groups -OCH3 is 2. The lowest BCUT2D eigenvalue weighted by Crippen LogP contribution is -2.53. The molecular weight excluding hydrogens is 367 g/mol. The predicted molar refractivity (Wildman–Crippen MR) is 98.0 cm³/mol. The van der Waals surface area contributed by atoms with Crippen LogP contribution in [-0.2, 0) is 16.1 Å². The minimum atomic E-state index is -0.839. The van der Waals surface area contributed by atoms with E-state index in [1.807, 2.05) is 0 Å². The molecule has 1 saturated heterocycles. The topological polar surface area (TPSA) is 84.9 Å². The van der Waals surface area contributed by atoms with Crippen LogP contribution >= 0.6 is 0 Å². The van der Waals surface area contributed by atoms with E-state index in [2.05, 4.69) is 5.32 Å². The molecule has 7 nitrogen and oxygen atoms in total. The largest absolute Gasteiger partial charge is 0.493 e. The molecule has 4 amide bonds. The lowest BCUT2D eigenvalue weighted by Gasteiger charge is -2.26. The Balaban J connectivity index is 1.96. The predicted octanol–water partition coefficient (Wildman–Crippen LogP) is 2.50. The summed E-state index contributed by atoms with van der Waals surface area (Å²) in [5.41, 5.74) is 0.752. The summed E-state index contributed by atoms with van der Waals surface area (Å²) in [6.45, 7) is -0.106. The third kappa shape index (κ3) is 3.71. The molecule has 0 bridgehead atoms. The number of halogens is 1. The van der Waals surface area contributed by atoms with Crippen molar-refractivity contribution < 1.29 is 28.2 Å². The van der Waals surface area contributed by atoms with Gasteiger partial charge in [0.15, 0.2) is 11.5 Å². The highest BCUT2D eigenvalue weighted by Crippen LogP contribution is 2.32. The van der Waals surface area contributed by atoms with Crippen molar-refractivity contribution in [2.24, 2.45) is 0 Å². The van der Waals surface area contributed by atoms with Crippen molar-refractivity contribution in [3.8, 4) is 11.5 Å². The van der Waals surface area contributed by atoms with Gasteiger partial charge in [0.2, 0.25) is 0 Å². The Morgan fingerprint density at radius 1 is 1.04 bits per heavy atom. The minimum absolute atomic E-state index is 0.106. The van der Waals surface area contributed by atoms with E-state index < -0.39 is 23.7 Å². The Kier molecular flexibility index (Phi) is 5.39. The normalized spacial score (nSPS) is 15.6. The van der Waals surface area contributed by atoms with Crippen molar-refractivity contribution in [3.05, 3.63) is 65.0 Å². The molecule has 28 heavy (non-hydrogen) atoms. The summed E-state index contributed by atoms with van der Waals surface area (Å²) in [5.74, 6) is -1.22. The van der Waals surface area contributed by atoms with Crippen LogP contribution in [-0.4, -0.2) is 37.0 Å². The van der Waals surface area contributed by atoms with E-state index in [-0.39, 0.29) is 12.1 Å². The highest BCUT2D eigenvalue weighted by atomic mass is 19.1.